The van der Waals surface area contributed by atoms with Crippen molar-refractivity contribution in [2.24, 2.45) is 10.00 Å². The Kier molecular flexibility index (Phi) is 1.76. The molecule has 0 radical (unpaired) electrons. The Morgan fingerprint density at radius 2 is 2.29 bits per heavy atom. The molecule has 3 heteroatoms. The average molecular weight is 112 g/mol. The first-order chi connectivity index (χ1) is 3.50. The molecule has 0 aromatic rings. The van der Waals surface area contributed by atoms with Gasteiger partial charge in [0.05, 0.1) is 0 Å². The maximum Gasteiger partial charge on any atom is 0.0498 e. The Morgan fingerprint density at radius 1 is 1.29 bits per heavy atom. The fraction of sp³-hybridized carbons (Fsp3) is 0. The van der Waals surface area contributed by atoms with Gasteiger partial charge in [0, 0.05) is 14.9 Å². The van der Waals surface area contributed by atoms with Crippen LogP contribution in [0.1, 0.15) is 0 Å². The molecule has 1 aliphatic rings. The molecular weight excluding hydrogens is 107 g/mol. The topological polar surface area (TPSA) is 24.7 Å². The summed E-state index contributed by atoms with van der Waals surface area (Å²) < 4.78 is 0. The third-order valence-electron chi connectivity index (χ3n) is 0.550. The Hall–Kier alpha value is -0.490. The van der Waals surface area contributed by atoms with Gasteiger partial charge < -0.3 is 0 Å². The summed E-state index contributed by atoms with van der Waals surface area (Å²) in [6.45, 7) is 0. The van der Waals surface area contributed by atoms with Crippen LogP contribution >= 0.6 is 8.73 Å². The van der Waals surface area contributed by atoms with E-state index in [1.165, 1.54) is 0 Å². The summed E-state index contributed by atoms with van der Waals surface area (Å²) in [4.78, 5) is 3.75. The Labute approximate surface area is 43.9 Å². The third kappa shape index (κ3) is 1.60. The SMILES string of the molecule is C1=CN=NPC=C1. The van der Waals surface area contributed by atoms with Crippen LogP contribution < -0.4 is 0 Å². The molecule has 1 heterocycles. The Morgan fingerprint density at radius 3 is 3.29 bits per heavy atom. The van der Waals surface area contributed by atoms with Crippen LogP contribution in [0.2, 0.25) is 0 Å². The minimum atomic E-state index is 0.510. The van der Waals surface area contributed by atoms with E-state index in [4.69, 9.17) is 0 Å². The summed E-state index contributed by atoms with van der Waals surface area (Å²) in [6.07, 6.45) is 5.48. The van der Waals surface area contributed by atoms with Gasteiger partial charge >= 0.3 is 0 Å². The highest BCUT2D eigenvalue weighted by Gasteiger charge is 1.72. The highest BCUT2D eigenvalue weighted by molar-refractivity contribution is 7.39. The summed E-state index contributed by atoms with van der Waals surface area (Å²) in [6, 6.07) is 0. The molecule has 0 bridgehead atoms. The van der Waals surface area contributed by atoms with Crippen molar-refractivity contribution in [1.82, 2.24) is 0 Å². The van der Waals surface area contributed by atoms with Crippen molar-refractivity contribution in [3.63, 3.8) is 0 Å². The van der Waals surface area contributed by atoms with Crippen molar-refractivity contribution >= 4 is 8.73 Å². The molecule has 1 aliphatic heterocycles. The lowest BCUT2D eigenvalue weighted by Crippen LogP contribution is -1.37. The molecule has 2 nitrogen and oxygen atoms in total. The summed E-state index contributed by atoms with van der Waals surface area (Å²) in [5, 5.41) is 3.67. The predicted molar refractivity (Wildman–Crippen MR) is 31.5 cm³/mol. The molecular formula is C4H5N2P. The van der Waals surface area contributed by atoms with Crippen molar-refractivity contribution in [2.45, 2.75) is 0 Å². The lowest BCUT2D eigenvalue weighted by molar-refractivity contribution is 1.34. The van der Waals surface area contributed by atoms with Crippen LogP contribution in [0.25, 0.3) is 0 Å². The summed E-state index contributed by atoms with van der Waals surface area (Å²) in [5.74, 6) is 1.98. The first-order valence-electron chi connectivity index (χ1n) is 1.97. The molecule has 0 aromatic carbocycles. The Balaban J connectivity index is 2.60. The first kappa shape index (κ1) is 4.66. The zero-order chi connectivity index (χ0) is 4.95. The van der Waals surface area contributed by atoms with E-state index in [9.17, 15) is 0 Å². The van der Waals surface area contributed by atoms with Gasteiger partial charge in [-0.2, -0.15) is 10.00 Å². The molecule has 0 spiro atoms. The zero-order valence-corrected chi connectivity index (χ0v) is 4.70. The number of allylic oxidation sites excluding steroid dienone is 2. The van der Waals surface area contributed by atoms with Gasteiger partial charge in [-0.05, 0) is 11.9 Å². The minimum Gasteiger partial charge on any atom is -0.165 e. The first-order valence-corrected chi connectivity index (χ1v) is 3.00. The Bertz CT molecular complexity index is 112. The number of hydrogen-bond acceptors (Lipinski definition) is 2. The van der Waals surface area contributed by atoms with Gasteiger partial charge in [0.2, 0.25) is 0 Å². The minimum absolute atomic E-state index is 0.510. The molecule has 0 amide bonds. The van der Waals surface area contributed by atoms with Crippen molar-refractivity contribution in [1.29, 1.82) is 0 Å². The quantitative estimate of drug-likeness (QED) is 0.428. The lowest BCUT2D eigenvalue weighted by Gasteiger charge is -1.69. The van der Waals surface area contributed by atoms with Gasteiger partial charge in [0.15, 0.2) is 0 Å². The second-order valence-electron chi connectivity index (χ2n) is 1.05. The largest absolute Gasteiger partial charge is 0.165 e. The summed E-state index contributed by atoms with van der Waals surface area (Å²) in [5.41, 5.74) is 0. The molecule has 1 atom stereocenters. The molecule has 7 heavy (non-hydrogen) atoms. The van der Waals surface area contributed by atoms with E-state index in [1.807, 2.05) is 18.0 Å². The number of nitrogens with zero attached hydrogens (tertiary/aromatic N) is 2. The van der Waals surface area contributed by atoms with Crippen LogP contribution in [0, 0.1) is 0 Å². The van der Waals surface area contributed by atoms with Crippen molar-refractivity contribution in [3.8, 4) is 0 Å². The summed E-state index contributed by atoms with van der Waals surface area (Å²) >= 11 is 0. The third-order valence-corrected chi connectivity index (χ3v) is 1.12. The molecule has 0 N–H and O–H groups in total. The molecule has 1 unspecified atom stereocenters. The molecule has 36 valence electrons. The van der Waals surface area contributed by atoms with E-state index in [0.717, 1.165) is 0 Å². The fourth-order valence-electron chi connectivity index (χ4n) is 0.287. The second kappa shape index (κ2) is 2.64. The smallest absolute Gasteiger partial charge is 0.0498 e. The van der Waals surface area contributed by atoms with Gasteiger partial charge in [-0.15, -0.1) is 0 Å². The maximum absolute atomic E-state index is 3.75. The van der Waals surface area contributed by atoms with Gasteiger partial charge in [-0.25, -0.2) is 0 Å². The number of hydrogen-bond donors (Lipinski definition) is 0. The molecule has 0 aromatic heterocycles. The monoisotopic (exact) mass is 112 g/mol. The fourth-order valence-corrected chi connectivity index (χ4v) is 0.684. The van der Waals surface area contributed by atoms with Gasteiger partial charge in [-0.1, -0.05) is 6.08 Å². The van der Waals surface area contributed by atoms with Crippen LogP contribution in [0.5, 0.6) is 0 Å². The maximum atomic E-state index is 3.75. The average Bonchev–Trinajstić information content (AvgIpc) is 1.90. The highest BCUT2D eigenvalue weighted by Crippen LogP contribution is 2.15. The second-order valence-corrected chi connectivity index (χ2v) is 1.84. The van der Waals surface area contributed by atoms with E-state index in [1.54, 1.807) is 6.20 Å². The van der Waals surface area contributed by atoms with Crippen molar-refractivity contribution < 1.29 is 0 Å². The van der Waals surface area contributed by atoms with Crippen LogP contribution in [-0.2, 0) is 0 Å². The van der Waals surface area contributed by atoms with Crippen LogP contribution in [-0.4, -0.2) is 0 Å². The van der Waals surface area contributed by atoms with Crippen molar-refractivity contribution in [3.05, 3.63) is 24.2 Å². The van der Waals surface area contributed by atoms with Crippen LogP contribution in [0.3, 0.4) is 0 Å². The van der Waals surface area contributed by atoms with Crippen LogP contribution in [0.4, 0.5) is 0 Å². The molecule has 1 rings (SSSR count). The molecule has 0 saturated heterocycles. The van der Waals surface area contributed by atoms with Crippen molar-refractivity contribution in [2.75, 3.05) is 0 Å². The van der Waals surface area contributed by atoms with E-state index in [2.05, 4.69) is 10.00 Å². The zero-order valence-electron chi connectivity index (χ0n) is 3.70. The van der Waals surface area contributed by atoms with E-state index in [-0.39, 0.29) is 0 Å². The van der Waals surface area contributed by atoms with Gasteiger partial charge in [-0.3, -0.25) is 0 Å². The molecule has 0 saturated carbocycles. The van der Waals surface area contributed by atoms with E-state index in [0.29, 0.717) is 8.73 Å². The van der Waals surface area contributed by atoms with E-state index < -0.39 is 0 Å². The number of rotatable bonds is 0. The van der Waals surface area contributed by atoms with E-state index >= 15 is 0 Å². The van der Waals surface area contributed by atoms with Crippen LogP contribution in [0.15, 0.2) is 34.2 Å². The summed E-state index contributed by atoms with van der Waals surface area (Å²) in [7, 11) is 0.510. The van der Waals surface area contributed by atoms with Gasteiger partial charge in [0.25, 0.3) is 0 Å². The van der Waals surface area contributed by atoms with Gasteiger partial charge in [0.1, 0.15) is 0 Å². The molecule has 0 aliphatic carbocycles. The lowest BCUT2D eigenvalue weighted by atomic mass is 10.6. The highest BCUT2D eigenvalue weighted by atomic mass is 31.1. The molecule has 0 fully saturated rings. The normalized spacial score (nSPS) is 20.6. The predicted octanol–water partition coefficient (Wildman–Crippen LogP) is 2.07. The standard InChI is InChI=1S/C4H5N2P/c1-2-4-7-6-5-3-1/h1-4,7H.